The summed E-state index contributed by atoms with van der Waals surface area (Å²) in [4.78, 5) is 12.2. The Bertz CT molecular complexity index is 379. The quantitative estimate of drug-likeness (QED) is 0.687. The van der Waals surface area contributed by atoms with Crippen LogP contribution in [0.1, 0.15) is 17.3 Å². The molecule has 0 aliphatic rings. The minimum atomic E-state index is -0.405. The average molecular weight is 291 g/mol. The zero-order chi connectivity index (χ0) is 11.4. The van der Waals surface area contributed by atoms with Gasteiger partial charge in [0.05, 0.1) is 13.7 Å². The van der Waals surface area contributed by atoms with Crippen molar-refractivity contribution in [3.8, 4) is 5.75 Å². The van der Waals surface area contributed by atoms with Crippen LogP contribution < -0.4 is 4.74 Å². The van der Waals surface area contributed by atoms with Gasteiger partial charge in [-0.15, -0.1) is 12.6 Å². The van der Waals surface area contributed by atoms with Crippen LogP contribution in [0.25, 0.3) is 0 Å². The van der Waals surface area contributed by atoms with Gasteiger partial charge in [0.2, 0.25) is 0 Å². The number of carbonyl (C=O) groups is 1. The van der Waals surface area contributed by atoms with Gasteiger partial charge in [0.15, 0.2) is 0 Å². The number of ether oxygens (including phenoxy) is 2. The molecule has 0 saturated heterocycles. The van der Waals surface area contributed by atoms with Gasteiger partial charge in [-0.3, -0.25) is 0 Å². The Morgan fingerprint density at radius 2 is 2.20 bits per heavy atom. The van der Waals surface area contributed by atoms with Crippen LogP contribution in [0.3, 0.4) is 0 Å². The molecule has 0 aromatic heterocycles. The van der Waals surface area contributed by atoms with Crippen LogP contribution in [-0.4, -0.2) is 19.7 Å². The molecule has 5 heteroatoms. The van der Waals surface area contributed by atoms with E-state index >= 15 is 0 Å². The number of thiol groups is 1. The first kappa shape index (κ1) is 12.4. The number of hydrogen-bond donors (Lipinski definition) is 1. The standard InChI is InChI=1S/C10H11BrO3S/c1-3-14-10(12)6-4-9(15)7(11)5-8(6)13-2/h4-5,15H,3H2,1-2H3. The lowest BCUT2D eigenvalue weighted by Gasteiger charge is -2.09. The van der Waals surface area contributed by atoms with Gasteiger partial charge in [-0.25, -0.2) is 4.79 Å². The van der Waals surface area contributed by atoms with Gasteiger partial charge in [-0.1, -0.05) is 0 Å². The summed E-state index contributed by atoms with van der Waals surface area (Å²) in [7, 11) is 1.50. The van der Waals surface area contributed by atoms with Crippen molar-refractivity contribution in [2.24, 2.45) is 0 Å². The third-order valence-electron chi connectivity index (χ3n) is 1.76. The van der Waals surface area contributed by atoms with Crippen molar-refractivity contribution in [2.75, 3.05) is 13.7 Å². The molecule has 0 saturated carbocycles. The minimum absolute atomic E-state index is 0.333. The highest BCUT2D eigenvalue weighted by molar-refractivity contribution is 9.10. The zero-order valence-corrected chi connectivity index (χ0v) is 10.9. The summed E-state index contributed by atoms with van der Waals surface area (Å²) in [5.74, 6) is 0.0651. The lowest BCUT2D eigenvalue weighted by Crippen LogP contribution is -2.06. The molecule has 0 radical (unpaired) electrons. The molecule has 0 spiro atoms. The van der Waals surface area contributed by atoms with E-state index in [1.54, 1.807) is 19.1 Å². The molecular weight excluding hydrogens is 280 g/mol. The van der Waals surface area contributed by atoms with Crippen LogP contribution in [0.2, 0.25) is 0 Å². The number of esters is 1. The first-order chi connectivity index (χ1) is 7.10. The van der Waals surface area contributed by atoms with Gasteiger partial charge in [0, 0.05) is 9.37 Å². The molecule has 0 atom stereocenters. The van der Waals surface area contributed by atoms with Gasteiger partial charge < -0.3 is 9.47 Å². The summed E-state index contributed by atoms with van der Waals surface area (Å²) in [6, 6.07) is 3.30. The monoisotopic (exact) mass is 290 g/mol. The number of hydrogen-bond acceptors (Lipinski definition) is 4. The Labute approximate surface area is 102 Å². The zero-order valence-electron chi connectivity index (χ0n) is 8.41. The van der Waals surface area contributed by atoms with E-state index in [1.807, 2.05) is 0 Å². The Hall–Kier alpha value is -0.680. The molecule has 1 aromatic carbocycles. The molecule has 0 fully saturated rings. The van der Waals surface area contributed by atoms with Crippen LogP contribution in [-0.2, 0) is 4.74 Å². The Kier molecular flexibility index (Phi) is 4.47. The molecule has 0 N–H and O–H groups in total. The molecular formula is C10H11BrO3S. The van der Waals surface area contributed by atoms with Crippen molar-refractivity contribution in [1.82, 2.24) is 0 Å². The summed E-state index contributed by atoms with van der Waals surface area (Å²) in [6.45, 7) is 2.09. The highest BCUT2D eigenvalue weighted by Crippen LogP contribution is 2.30. The van der Waals surface area contributed by atoms with E-state index in [0.29, 0.717) is 22.8 Å². The lowest BCUT2D eigenvalue weighted by molar-refractivity contribution is 0.0522. The van der Waals surface area contributed by atoms with E-state index in [2.05, 4.69) is 28.6 Å². The molecule has 0 unspecified atom stereocenters. The van der Waals surface area contributed by atoms with E-state index in [1.165, 1.54) is 7.11 Å². The molecule has 3 nitrogen and oxygen atoms in total. The SMILES string of the molecule is CCOC(=O)c1cc(S)c(Br)cc1OC. The van der Waals surface area contributed by atoms with Crippen molar-refractivity contribution in [3.63, 3.8) is 0 Å². The topological polar surface area (TPSA) is 35.5 Å². The van der Waals surface area contributed by atoms with E-state index in [0.717, 1.165) is 4.47 Å². The number of carbonyl (C=O) groups excluding carboxylic acids is 1. The van der Waals surface area contributed by atoms with Gasteiger partial charge in [0.1, 0.15) is 11.3 Å². The summed E-state index contributed by atoms with van der Waals surface area (Å²) in [5, 5.41) is 0. The van der Waals surface area contributed by atoms with Gasteiger partial charge in [-0.2, -0.15) is 0 Å². The third-order valence-corrected chi connectivity index (χ3v) is 3.10. The molecule has 0 amide bonds. The largest absolute Gasteiger partial charge is 0.496 e. The van der Waals surface area contributed by atoms with E-state index < -0.39 is 5.97 Å². The molecule has 0 aliphatic carbocycles. The molecule has 0 heterocycles. The molecule has 0 bridgehead atoms. The first-order valence-electron chi connectivity index (χ1n) is 4.33. The van der Waals surface area contributed by atoms with Crippen molar-refractivity contribution in [3.05, 3.63) is 22.2 Å². The number of methoxy groups -OCH3 is 1. The summed E-state index contributed by atoms with van der Waals surface area (Å²) in [6.07, 6.45) is 0. The van der Waals surface area contributed by atoms with Gasteiger partial charge in [-0.05, 0) is 35.0 Å². The van der Waals surface area contributed by atoms with Crippen LogP contribution in [0.15, 0.2) is 21.5 Å². The maximum Gasteiger partial charge on any atom is 0.341 e. The minimum Gasteiger partial charge on any atom is -0.496 e. The van der Waals surface area contributed by atoms with E-state index in [-0.39, 0.29) is 0 Å². The Morgan fingerprint density at radius 1 is 1.53 bits per heavy atom. The predicted molar refractivity (Wildman–Crippen MR) is 63.9 cm³/mol. The second-order valence-electron chi connectivity index (χ2n) is 2.72. The number of benzene rings is 1. The highest BCUT2D eigenvalue weighted by Gasteiger charge is 2.15. The normalized spacial score (nSPS) is 9.87. The van der Waals surface area contributed by atoms with Crippen LogP contribution >= 0.6 is 28.6 Å². The number of halogens is 1. The average Bonchev–Trinajstić information content (AvgIpc) is 2.21. The van der Waals surface area contributed by atoms with E-state index in [4.69, 9.17) is 9.47 Å². The van der Waals surface area contributed by atoms with Gasteiger partial charge >= 0.3 is 5.97 Å². The Morgan fingerprint density at radius 3 is 2.73 bits per heavy atom. The van der Waals surface area contributed by atoms with Crippen LogP contribution in [0.4, 0.5) is 0 Å². The molecule has 0 aliphatic heterocycles. The van der Waals surface area contributed by atoms with Crippen LogP contribution in [0, 0.1) is 0 Å². The second kappa shape index (κ2) is 5.42. The van der Waals surface area contributed by atoms with Crippen molar-refractivity contribution < 1.29 is 14.3 Å². The van der Waals surface area contributed by atoms with Crippen molar-refractivity contribution in [2.45, 2.75) is 11.8 Å². The van der Waals surface area contributed by atoms with E-state index in [9.17, 15) is 4.79 Å². The maximum absolute atomic E-state index is 11.5. The summed E-state index contributed by atoms with van der Waals surface area (Å²) < 4.78 is 10.8. The fourth-order valence-corrected chi connectivity index (χ4v) is 1.60. The summed E-state index contributed by atoms with van der Waals surface area (Å²) in [5.41, 5.74) is 0.382. The van der Waals surface area contributed by atoms with Crippen molar-refractivity contribution >= 4 is 34.5 Å². The molecule has 82 valence electrons. The lowest BCUT2D eigenvalue weighted by atomic mass is 10.2. The number of rotatable bonds is 3. The van der Waals surface area contributed by atoms with Crippen LogP contribution in [0.5, 0.6) is 5.75 Å². The maximum atomic E-state index is 11.5. The van der Waals surface area contributed by atoms with Gasteiger partial charge in [0.25, 0.3) is 0 Å². The highest BCUT2D eigenvalue weighted by atomic mass is 79.9. The molecule has 1 rings (SSSR count). The fourth-order valence-electron chi connectivity index (χ4n) is 1.08. The first-order valence-corrected chi connectivity index (χ1v) is 5.57. The Balaban J connectivity index is 3.15. The molecule has 1 aromatic rings. The summed E-state index contributed by atoms with van der Waals surface area (Å²) >= 11 is 7.51. The molecule has 15 heavy (non-hydrogen) atoms. The fraction of sp³-hybridized carbons (Fsp3) is 0.300. The second-order valence-corrected chi connectivity index (χ2v) is 4.06. The smallest absolute Gasteiger partial charge is 0.341 e. The predicted octanol–water partition coefficient (Wildman–Crippen LogP) is 2.92. The van der Waals surface area contributed by atoms with Crippen molar-refractivity contribution in [1.29, 1.82) is 0 Å². The third kappa shape index (κ3) is 2.89.